The van der Waals surface area contributed by atoms with E-state index in [4.69, 9.17) is 0 Å². The number of alkyl halides is 6. The minimum atomic E-state index is -6.72. The van der Waals surface area contributed by atoms with Crippen molar-refractivity contribution < 1.29 is 52.6 Å². The lowest BCUT2D eigenvalue weighted by atomic mass is 9.86. The second kappa shape index (κ2) is 65.4. The van der Waals surface area contributed by atoms with Crippen LogP contribution >= 0.6 is 21.9 Å². The van der Waals surface area contributed by atoms with Crippen LogP contribution in [0.25, 0.3) is 4.13 Å². The normalized spacial score (nSPS) is 14.0. The van der Waals surface area contributed by atoms with Crippen molar-refractivity contribution in [2.75, 3.05) is 61.6 Å². The van der Waals surface area contributed by atoms with E-state index in [1.54, 1.807) is 101 Å². The highest BCUT2D eigenvalue weighted by atomic mass is 32.3. The second-order valence-corrected chi connectivity index (χ2v) is 48.2. The van der Waals surface area contributed by atoms with Crippen LogP contribution in [0.3, 0.4) is 0 Å². The average Bonchev–Trinajstić information content (AvgIpc) is 0.793. The Morgan fingerprint density at radius 3 is 0.580 bits per heavy atom. The molecule has 608 valence electrons. The molecule has 0 aliphatic heterocycles. The average molecular weight is 1540 g/mol. The molecular weight excluding hydrogens is 1370 g/mol. The molecule has 0 spiro atoms. The number of hydrogen-bond donors (Lipinski definition) is 0. The van der Waals surface area contributed by atoms with E-state index in [0.29, 0.717) is 12.3 Å². The van der Waals surface area contributed by atoms with Gasteiger partial charge in [-0.25, -0.2) is 16.8 Å². The van der Waals surface area contributed by atoms with Crippen molar-refractivity contribution in [1.82, 2.24) is 0 Å². The third-order valence-electron chi connectivity index (χ3n) is 19.8. The maximum atomic E-state index is 12.3. The van der Waals surface area contributed by atoms with Gasteiger partial charge < -0.3 is 13.6 Å². The van der Waals surface area contributed by atoms with E-state index in [1.165, 1.54) is 257 Å². The van der Waals surface area contributed by atoms with E-state index in [1.807, 2.05) is 0 Å². The van der Waals surface area contributed by atoms with Gasteiger partial charge in [-0.15, -0.1) is 0 Å². The van der Waals surface area contributed by atoms with E-state index in [2.05, 4.69) is 111 Å². The molecule has 100 heavy (non-hydrogen) atoms. The first-order valence-corrected chi connectivity index (χ1v) is 52.2. The first kappa shape index (κ1) is 107. The zero-order chi connectivity index (χ0) is 76.8. The minimum Gasteiger partial charge on any atom is -0.799 e. The number of sulfonamides is 2. The van der Waals surface area contributed by atoms with Crippen LogP contribution in [0.1, 0.15) is 432 Å². The molecule has 0 rings (SSSR count). The Morgan fingerprint density at radius 1 is 0.300 bits per heavy atom. The predicted molar refractivity (Wildman–Crippen MR) is 437 cm³/mol. The molecule has 0 aliphatic rings. The summed E-state index contributed by atoms with van der Waals surface area (Å²) < 4.78 is 121. The Hall–Kier alpha value is 0.490. The molecule has 0 aromatic carbocycles. The highest BCUT2D eigenvalue weighted by Crippen LogP contribution is 2.63. The lowest BCUT2D eigenvalue weighted by molar-refractivity contribution is -0.176. The van der Waals surface area contributed by atoms with E-state index in [9.17, 15) is 52.6 Å². The molecule has 0 heterocycles. The lowest BCUT2D eigenvalue weighted by Gasteiger charge is -2.33. The Labute approximate surface area is 622 Å². The largest absolute Gasteiger partial charge is 0.799 e. The summed E-state index contributed by atoms with van der Waals surface area (Å²) in [6.45, 7) is 36.0. The van der Waals surface area contributed by atoms with Crippen LogP contribution in [-0.4, -0.2) is 89.5 Å². The molecule has 0 aliphatic carbocycles. The molecule has 7 nitrogen and oxygen atoms in total. The molecule has 18 heteroatoms. The second-order valence-electron chi connectivity index (χ2n) is 33.5. The smallest absolute Gasteiger partial charge is 0.480 e. The van der Waals surface area contributed by atoms with E-state index >= 15 is 0 Å². The Kier molecular flexibility index (Phi) is 69.9. The molecule has 0 N–H and O–H groups in total. The van der Waals surface area contributed by atoms with E-state index in [0.717, 1.165) is 17.0 Å². The summed E-state index contributed by atoms with van der Waals surface area (Å²) >= 11 is 0. The monoisotopic (exact) mass is 1540 g/mol. The molecule has 0 aromatic rings. The summed E-state index contributed by atoms with van der Waals surface area (Å²) in [6, 6.07) is 0. The predicted octanol–water partition coefficient (Wildman–Crippen LogP) is 30.7. The molecule has 0 bridgehead atoms. The first-order chi connectivity index (χ1) is 46.9. The van der Waals surface area contributed by atoms with Crippen LogP contribution in [-0.2, 0) is 24.6 Å². The number of halogens is 6. The topological polar surface area (TPSA) is 123 Å². The van der Waals surface area contributed by atoms with Gasteiger partial charge in [-0.1, -0.05) is 316 Å². The van der Waals surface area contributed by atoms with Gasteiger partial charge in [0.1, 0.15) is 0 Å². The van der Waals surface area contributed by atoms with E-state index in [-0.39, 0.29) is 22.7 Å². The van der Waals surface area contributed by atoms with Crippen molar-refractivity contribution in [3.63, 3.8) is 0 Å². The SMILES string of the molecule is CC(CC(C)(C)C)CP(=O)([O-])CC(C)CC(C)(C)C.CCCCCCCCCCCCCC[P+](CCCCCC)(CCCCCC)CCCCCC.CCCCCCCCCCCCCC[P+](CCCCCC)(CCCCCC)CCCCCC.O=S(=O)([N-]S(=O)(=O)C(F)(F)F)C(F)(F)F. The van der Waals surface area contributed by atoms with Crippen molar-refractivity contribution in [2.24, 2.45) is 22.7 Å². The van der Waals surface area contributed by atoms with Crippen molar-refractivity contribution >= 4 is 41.9 Å². The third kappa shape index (κ3) is 69.0. The van der Waals surface area contributed by atoms with Crippen LogP contribution < -0.4 is 4.89 Å². The first-order valence-electron chi connectivity index (χ1n) is 42.3. The summed E-state index contributed by atoms with van der Waals surface area (Å²) in [5.74, 6) is 0.510. The Balaban J connectivity index is -0.000000644. The zero-order valence-corrected chi connectivity index (χ0v) is 73.2. The van der Waals surface area contributed by atoms with Crippen LogP contribution in [0.5, 0.6) is 0 Å². The summed E-state index contributed by atoms with van der Waals surface area (Å²) in [4.78, 5) is 12.3. The van der Waals surface area contributed by atoms with Crippen molar-refractivity contribution in [3.05, 3.63) is 4.13 Å². The molecule has 0 amide bonds. The van der Waals surface area contributed by atoms with Crippen LogP contribution in [0.2, 0.25) is 0 Å². The van der Waals surface area contributed by atoms with Gasteiger partial charge in [0.15, 0.2) is 20.0 Å². The van der Waals surface area contributed by atoms with Gasteiger partial charge in [0.25, 0.3) is 0 Å². The minimum absolute atomic E-state index is 0.205. The van der Waals surface area contributed by atoms with Crippen molar-refractivity contribution in [2.45, 2.75) is 443 Å². The van der Waals surface area contributed by atoms with Gasteiger partial charge in [0.05, 0.1) is 49.3 Å². The molecule has 0 saturated carbocycles. The van der Waals surface area contributed by atoms with Gasteiger partial charge in [0, 0.05) is 21.9 Å². The van der Waals surface area contributed by atoms with E-state index < -0.39 is 53.0 Å². The number of rotatable bonds is 64. The van der Waals surface area contributed by atoms with Gasteiger partial charge in [-0.05, 0) is 151 Å². The van der Waals surface area contributed by atoms with Crippen LogP contribution in [0.4, 0.5) is 26.3 Å². The van der Waals surface area contributed by atoms with Crippen molar-refractivity contribution in [1.29, 1.82) is 0 Å². The Bertz CT molecular complexity index is 1850. The molecule has 0 fully saturated rings. The summed E-state index contributed by atoms with van der Waals surface area (Å²) in [5.41, 5.74) is -12.0. The maximum absolute atomic E-state index is 12.3. The van der Waals surface area contributed by atoms with Crippen molar-refractivity contribution in [3.8, 4) is 0 Å². The summed E-state index contributed by atoms with van der Waals surface area (Å²) in [5, 5.41) is 0. The molecule has 0 saturated heterocycles. The molecular formula is C82H170F6NO6P3S2. The zero-order valence-electron chi connectivity index (χ0n) is 68.9. The number of nitrogens with zero attached hydrogens (tertiary/aromatic N) is 1. The maximum Gasteiger partial charge on any atom is 0.480 e. The highest BCUT2D eigenvalue weighted by Gasteiger charge is 2.47. The standard InChI is InChI=1S/2C32H68P.C16H35O2P.C2F6NO4S2/c2*1-5-9-13-17-18-19-20-21-22-23-24-28-32-33(29-25-14-10-6-2,30-26-15-11-7-3)31-27-16-12-8-4;1-13(9-15(3,4)5)11-19(17,18)12-14(2)10-16(6,7)8;3-1(4,5)14(10,11)9-15(12,13)2(6,7)8/h2*5-32H2,1-4H3;13-14H,9-12H2,1-8H3,(H,17,18);/q2*+1;;-1/p-1. The number of hydrogen-bond acceptors (Lipinski definition) is 6. The van der Waals surface area contributed by atoms with Gasteiger partial charge in [-0.3, -0.25) is 0 Å². The quantitative estimate of drug-likeness (QED) is 0.0340. The summed E-state index contributed by atoms with van der Waals surface area (Å²) in [6.07, 6.45) is 86.8. The van der Waals surface area contributed by atoms with Gasteiger partial charge >= 0.3 is 11.0 Å². The lowest BCUT2D eigenvalue weighted by Crippen LogP contribution is -2.30. The highest BCUT2D eigenvalue weighted by molar-refractivity contribution is 8.13. The fourth-order valence-electron chi connectivity index (χ4n) is 14.6. The van der Waals surface area contributed by atoms with Gasteiger partial charge in [-0.2, -0.15) is 26.3 Å². The number of unbranched alkanes of at least 4 members (excludes halogenated alkanes) is 40. The molecule has 2 atom stereocenters. The molecule has 0 radical (unpaired) electrons. The van der Waals surface area contributed by atoms with Gasteiger partial charge in [0.2, 0.25) is 0 Å². The Morgan fingerprint density at radius 2 is 0.440 bits per heavy atom. The molecule has 0 aromatic heterocycles. The molecule has 2 unspecified atom stereocenters. The third-order valence-corrected chi connectivity index (χ3v) is 35.0. The fraction of sp³-hybridized carbons (Fsp3) is 1.00. The fourth-order valence-corrected chi connectivity index (χ4v) is 28.5. The van der Waals surface area contributed by atoms with Crippen LogP contribution in [0, 0.1) is 22.7 Å². The van der Waals surface area contributed by atoms with Crippen LogP contribution in [0.15, 0.2) is 0 Å². The summed E-state index contributed by atoms with van der Waals surface area (Å²) in [7, 11) is -18.1.